The van der Waals surface area contributed by atoms with Gasteiger partial charge in [0.2, 0.25) is 0 Å². The van der Waals surface area contributed by atoms with Crippen LogP contribution >= 0.6 is 0 Å². The second-order valence-electron chi connectivity index (χ2n) is 6.90. The van der Waals surface area contributed by atoms with Gasteiger partial charge in [-0.1, -0.05) is 68.9 Å². The molecule has 1 aromatic carbocycles. The predicted octanol–water partition coefficient (Wildman–Crippen LogP) is 4.90. The lowest BCUT2D eigenvalue weighted by molar-refractivity contribution is 0.0248. The van der Waals surface area contributed by atoms with Gasteiger partial charge in [-0.15, -0.1) is 0 Å². The van der Waals surface area contributed by atoms with Gasteiger partial charge in [0.05, 0.1) is 6.10 Å². The molecule has 1 aromatic rings. The molecule has 2 fully saturated rings. The molecule has 110 valence electrons. The second kappa shape index (κ2) is 6.76. The van der Waals surface area contributed by atoms with Crippen molar-refractivity contribution < 1.29 is 5.11 Å². The zero-order valence-electron chi connectivity index (χ0n) is 12.5. The third-order valence-corrected chi connectivity index (χ3v) is 5.64. The molecule has 0 aliphatic heterocycles. The molecule has 0 heterocycles. The highest BCUT2D eigenvalue weighted by Gasteiger charge is 2.35. The molecule has 0 spiro atoms. The van der Waals surface area contributed by atoms with E-state index in [4.69, 9.17) is 0 Å². The Bertz CT molecular complexity index is 391. The van der Waals surface area contributed by atoms with Crippen LogP contribution in [0.25, 0.3) is 0 Å². The van der Waals surface area contributed by atoms with Crippen LogP contribution in [-0.2, 0) is 0 Å². The molecule has 0 amide bonds. The Morgan fingerprint density at radius 1 is 0.800 bits per heavy atom. The maximum absolute atomic E-state index is 10.5. The van der Waals surface area contributed by atoms with Gasteiger partial charge in [-0.05, 0) is 42.6 Å². The molecule has 1 nitrogen and oxygen atoms in total. The standard InChI is InChI=1S/C19H28O/c20-19-13-12-17(15-8-6-3-7-9-15)14-18(19)16-10-4-1-2-5-11-16/h3,6-9,16-20H,1-2,4-5,10-14H2. The van der Waals surface area contributed by atoms with Crippen molar-refractivity contribution in [2.75, 3.05) is 0 Å². The van der Waals surface area contributed by atoms with Gasteiger partial charge in [-0.2, -0.15) is 0 Å². The highest BCUT2D eigenvalue weighted by Crippen LogP contribution is 2.43. The van der Waals surface area contributed by atoms with Crippen molar-refractivity contribution >= 4 is 0 Å². The van der Waals surface area contributed by atoms with E-state index >= 15 is 0 Å². The first-order chi connectivity index (χ1) is 9.84. The van der Waals surface area contributed by atoms with Crippen LogP contribution in [0.3, 0.4) is 0 Å². The van der Waals surface area contributed by atoms with E-state index in [0.29, 0.717) is 11.8 Å². The summed E-state index contributed by atoms with van der Waals surface area (Å²) in [7, 11) is 0. The van der Waals surface area contributed by atoms with Crippen molar-refractivity contribution in [1.29, 1.82) is 0 Å². The maximum Gasteiger partial charge on any atom is 0.0571 e. The van der Waals surface area contributed by atoms with Crippen molar-refractivity contribution in [3.05, 3.63) is 35.9 Å². The van der Waals surface area contributed by atoms with Crippen LogP contribution in [0.2, 0.25) is 0 Å². The second-order valence-corrected chi connectivity index (χ2v) is 6.90. The monoisotopic (exact) mass is 272 g/mol. The molecular weight excluding hydrogens is 244 g/mol. The Morgan fingerprint density at radius 2 is 1.50 bits per heavy atom. The summed E-state index contributed by atoms with van der Waals surface area (Å²) in [5.74, 6) is 2.00. The molecule has 2 aliphatic rings. The van der Waals surface area contributed by atoms with E-state index in [0.717, 1.165) is 18.8 Å². The summed E-state index contributed by atoms with van der Waals surface area (Å²) in [6.07, 6.45) is 11.6. The fourth-order valence-electron chi connectivity index (χ4n) is 4.46. The number of hydrogen-bond acceptors (Lipinski definition) is 1. The van der Waals surface area contributed by atoms with Crippen LogP contribution in [0.1, 0.15) is 69.3 Å². The molecule has 2 aliphatic carbocycles. The number of benzene rings is 1. The van der Waals surface area contributed by atoms with E-state index in [1.807, 2.05) is 0 Å². The van der Waals surface area contributed by atoms with Gasteiger partial charge in [0.1, 0.15) is 0 Å². The van der Waals surface area contributed by atoms with Gasteiger partial charge in [0, 0.05) is 0 Å². The van der Waals surface area contributed by atoms with Crippen molar-refractivity contribution in [2.45, 2.75) is 69.8 Å². The lowest BCUT2D eigenvalue weighted by atomic mass is 9.69. The van der Waals surface area contributed by atoms with Crippen molar-refractivity contribution in [3.63, 3.8) is 0 Å². The lowest BCUT2D eigenvalue weighted by Crippen LogP contribution is -2.33. The third kappa shape index (κ3) is 3.25. The summed E-state index contributed by atoms with van der Waals surface area (Å²) in [6, 6.07) is 10.9. The first-order valence-corrected chi connectivity index (χ1v) is 8.57. The van der Waals surface area contributed by atoms with E-state index < -0.39 is 0 Å². The minimum Gasteiger partial charge on any atom is -0.393 e. The van der Waals surface area contributed by atoms with Crippen LogP contribution in [0.15, 0.2) is 30.3 Å². The first kappa shape index (κ1) is 14.1. The Morgan fingerprint density at radius 3 is 2.20 bits per heavy atom. The number of rotatable bonds is 2. The average Bonchev–Trinajstić information content (AvgIpc) is 2.78. The van der Waals surface area contributed by atoms with E-state index in [2.05, 4.69) is 30.3 Å². The Hall–Kier alpha value is -0.820. The molecule has 3 rings (SSSR count). The highest BCUT2D eigenvalue weighted by molar-refractivity contribution is 5.20. The number of aliphatic hydroxyl groups is 1. The fourth-order valence-corrected chi connectivity index (χ4v) is 4.46. The summed E-state index contributed by atoms with van der Waals surface area (Å²) < 4.78 is 0. The smallest absolute Gasteiger partial charge is 0.0571 e. The SMILES string of the molecule is OC1CCC(c2ccccc2)CC1C1CCCCCC1. The van der Waals surface area contributed by atoms with Crippen LogP contribution < -0.4 is 0 Å². The summed E-state index contributed by atoms with van der Waals surface area (Å²) in [4.78, 5) is 0. The van der Waals surface area contributed by atoms with Crippen molar-refractivity contribution in [3.8, 4) is 0 Å². The van der Waals surface area contributed by atoms with Gasteiger partial charge in [0.15, 0.2) is 0 Å². The average molecular weight is 272 g/mol. The molecule has 1 heteroatoms. The third-order valence-electron chi connectivity index (χ3n) is 5.64. The minimum absolute atomic E-state index is 0.0435. The minimum atomic E-state index is -0.0435. The van der Waals surface area contributed by atoms with Gasteiger partial charge in [-0.3, -0.25) is 0 Å². The molecule has 20 heavy (non-hydrogen) atoms. The van der Waals surface area contributed by atoms with E-state index in [1.165, 1.54) is 50.5 Å². The summed E-state index contributed by atoms with van der Waals surface area (Å²) in [5, 5.41) is 10.5. The van der Waals surface area contributed by atoms with Gasteiger partial charge in [-0.25, -0.2) is 0 Å². The topological polar surface area (TPSA) is 20.2 Å². The van der Waals surface area contributed by atoms with Crippen LogP contribution in [-0.4, -0.2) is 11.2 Å². The lowest BCUT2D eigenvalue weighted by Gasteiger charge is -2.38. The Balaban J connectivity index is 1.69. The van der Waals surface area contributed by atoms with Gasteiger partial charge >= 0.3 is 0 Å². The number of hydrogen-bond donors (Lipinski definition) is 1. The largest absolute Gasteiger partial charge is 0.393 e. The zero-order chi connectivity index (χ0) is 13.8. The molecule has 0 radical (unpaired) electrons. The maximum atomic E-state index is 10.5. The molecule has 0 bridgehead atoms. The quantitative estimate of drug-likeness (QED) is 0.759. The molecule has 3 unspecified atom stereocenters. The van der Waals surface area contributed by atoms with Crippen LogP contribution in [0.5, 0.6) is 0 Å². The first-order valence-electron chi connectivity index (χ1n) is 8.57. The van der Waals surface area contributed by atoms with E-state index in [9.17, 15) is 5.11 Å². The Kier molecular flexibility index (Phi) is 4.77. The van der Waals surface area contributed by atoms with Crippen LogP contribution in [0.4, 0.5) is 0 Å². The predicted molar refractivity (Wildman–Crippen MR) is 83.7 cm³/mol. The zero-order valence-corrected chi connectivity index (χ0v) is 12.5. The molecule has 3 atom stereocenters. The normalized spacial score (nSPS) is 32.8. The van der Waals surface area contributed by atoms with Crippen molar-refractivity contribution in [2.24, 2.45) is 11.8 Å². The van der Waals surface area contributed by atoms with E-state index in [1.54, 1.807) is 0 Å². The van der Waals surface area contributed by atoms with E-state index in [-0.39, 0.29) is 6.10 Å². The highest BCUT2D eigenvalue weighted by atomic mass is 16.3. The van der Waals surface area contributed by atoms with Gasteiger partial charge in [0.25, 0.3) is 0 Å². The van der Waals surface area contributed by atoms with Crippen molar-refractivity contribution in [1.82, 2.24) is 0 Å². The molecule has 2 saturated carbocycles. The number of aliphatic hydroxyl groups excluding tert-OH is 1. The van der Waals surface area contributed by atoms with Gasteiger partial charge < -0.3 is 5.11 Å². The molecule has 1 N–H and O–H groups in total. The summed E-state index contributed by atoms with van der Waals surface area (Å²) in [6.45, 7) is 0. The molecule has 0 aromatic heterocycles. The fraction of sp³-hybridized carbons (Fsp3) is 0.684. The summed E-state index contributed by atoms with van der Waals surface area (Å²) >= 11 is 0. The Labute approximate surface area is 123 Å². The van der Waals surface area contributed by atoms with Crippen LogP contribution in [0, 0.1) is 11.8 Å². The molecular formula is C19H28O. The molecule has 0 saturated heterocycles. The summed E-state index contributed by atoms with van der Waals surface area (Å²) in [5.41, 5.74) is 1.48.